The standard InChI is InChI=1S/C8H6ClN3O2/c1-4-6(7(13)14)12-5(9)2-3-10-8(12)11-4/h2-3H,1H3,(H,13,14). The molecule has 0 aliphatic rings. The van der Waals surface area contributed by atoms with E-state index < -0.39 is 5.97 Å². The SMILES string of the molecule is Cc1nc2nccc(Cl)n2c1C(=O)O. The van der Waals surface area contributed by atoms with E-state index in [0.717, 1.165) is 0 Å². The van der Waals surface area contributed by atoms with Crippen LogP contribution in [-0.2, 0) is 0 Å². The van der Waals surface area contributed by atoms with Crippen LogP contribution in [0.15, 0.2) is 12.3 Å². The van der Waals surface area contributed by atoms with Gasteiger partial charge in [0.2, 0.25) is 5.78 Å². The first-order valence-corrected chi connectivity index (χ1v) is 4.22. The van der Waals surface area contributed by atoms with Crippen LogP contribution < -0.4 is 0 Å². The molecular formula is C8H6ClN3O2. The minimum atomic E-state index is -1.06. The Morgan fingerprint density at radius 3 is 3.00 bits per heavy atom. The number of nitrogens with zero attached hydrogens (tertiary/aromatic N) is 3. The molecule has 1 N–H and O–H groups in total. The van der Waals surface area contributed by atoms with Crippen LogP contribution in [0.5, 0.6) is 0 Å². The first kappa shape index (κ1) is 8.96. The molecule has 0 saturated heterocycles. The second-order valence-electron chi connectivity index (χ2n) is 2.75. The van der Waals surface area contributed by atoms with Gasteiger partial charge in [-0.2, -0.15) is 0 Å². The summed E-state index contributed by atoms with van der Waals surface area (Å²) in [6, 6.07) is 1.52. The van der Waals surface area contributed by atoms with Gasteiger partial charge in [-0.3, -0.25) is 4.40 Å². The van der Waals surface area contributed by atoms with Crippen LogP contribution in [-0.4, -0.2) is 25.4 Å². The minimum Gasteiger partial charge on any atom is -0.477 e. The van der Waals surface area contributed by atoms with E-state index >= 15 is 0 Å². The van der Waals surface area contributed by atoms with Crippen molar-refractivity contribution in [3.63, 3.8) is 0 Å². The fourth-order valence-electron chi connectivity index (χ4n) is 1.29. The molecule has 2 heterocycles. The summed E-state index contributed by atoms with van der Waals surface area (Å²) in [6.45, 7) is 1.61. The maximum atomic E-state index is 10.9. The Kier molecular flexibility index (Phi) is 1.89. The van der Waals surface area contributed by atoms with Crippen molar-refractivity contribution in [2.45, 2.75) is 6.92 Å². The Bertz CT molecular complexity index is 521. The van der Waals surface area contributed by atoms with E-state index in [4.69, 9.17) is 16.7 Å². The molecule has 6 heteroatoms. The lowest BCUT2D eigenvalue weighted by molar-refractivity contribution is 0.0688. The summed E-state index contributed by atoms with van der Waals surface area (Å²) in [5, 5.41) is 9.21. The molecule has 0 radical (unpaired) electrons. The zero-order valence-corrected chi connectivity index (χ0v) is 7.99. The minimum absolute atomic E-state index is 0.0538. The number of carbonyl (C=O) groups is 1. The quantitative estimate of drug-likeness (QED) is 0.724. The topological polar surface area (TPSA) is 67.5 Å². The Morgan fingerprint density at radius 2 is 2.36 bits per heavy atom. The highest BCUT2D eigenvalue weighted by atomic mass is 35.5. The molecule has 0 spiro atoms. The third-order valence-electron chi connectivity index (χ3n) is 1.85. The van der Waals surface area contributed by atoms with Gasteiger partial charge in [0.15, 0.2) is 5.69 Å². The highest BCUT2D eigenvalue weighted by Gasteiger charge is 2.17. The number of hydrogen-bond donors (Lipinski definition) is 1. The lowest BCUT2D eigenvalue weighted by Gasteiger charge is -1.98. The van der Waals surface area contributed by atoms with E-state index in [1.165, 1.54) is 16.7 Å². The molecule has 0 aliphatic carbocycles. The molecule has 2 aromatic heterocycles. The molecule has 72 valence electrons. The number of hydrogen-bond acceptors (Lipinski definition) is 3. The fraction of sp³-hybridized carbons (Fsp3) is 0.125. The molecule has 0 unspecified atom stereocenters. The molecule has 0 bridgehead atoms. The summed E-state index contributed by atoms with van der Waals surface area (Å²) in [7, 11) is 0. The first-order valence-electron chi connectivity index (χ1n) is 3.84. The predicted octanol–water partition coefficient (Wildman–Crippen LogP) is 1.39. The van der Waals surface area contributed by atoms with Gasteiger partial charge in [0.05, 0.1) is 5.69 Å². The molecule has 0 amide bonds. The molecule has 2 rings (SSSR count). The number of imidazole rings is 1. The van der Waals surface area contributed by atoms with Gasteiger partial charge in [-0.1, -0.05) is 11.6 Å². The van der Waals surface area contributed by atoms with Gasteiger partial charge in [-0.25, -0.2) is 14.8 Å². The second-order valence-corrected chi connectivity index (χ2v) is 3.14. The number of fused-ring (bicyclic) bond motifs is 1. The fourth-order valence-corrected chi connectivity index (χ4v) is 1.51. The number of rotatable bonds is 1. The van der Waals surface area contributed by atoms with Crippen LogP contribution in [0, 0.1) is 6.92 Å². The van der Waals surface area contributed by atoms with E-state index in [1.54, 1.807) is 6.92 Å². The number of carboxylic acid groups (broad SMARTS) is 1. The number of aryl methyl sites for hydroxylation is 1. The smallest absolute Gasteiger partial charge is 0.354 e. The van der Waals surface area contributed by atoms with Crippen molar-refractivity contribution in [3.05, 3.63) is 28.8 Å². The lowest BCUT2D eigenvalue weighted by Crippen LogP contribution is -2.04. The zero-order valence-electron chi connectivity index (χ0n) is 7.23. The number of aromatic nitrogens is 3. The number of halogens is 1. The third-order valence-corrected chi connectivity index (χ3v) is 2.15. The van der Waals surface area contributed by atoms with Crippen molar-refractivity contribution < 1.29 is 9.90 Å². The van der Waals surface area contributed by atoms with Crippen molar-refractivity contribution in [1.29, 1.82) is 0 Å². The summed E-state index contributed by atoms with van der Waals surface area (Å²) >= 11 is 5.84. The molecule has 2 aromatic rings. The summed E-state index contributed by atoms with van der Waals surface area (Å²) in [5.41, 5.74) is 0.455. The van der Waals surface area contributed by atoms with Crippen LogP contribution in [0.2, 0.25) is 5.15 Å². The maximum absolute atomic E-state index is 10.9. The van der Waals surface area contributed by atoms with Crippen molar-refractivity contribution in [2.75, 3.05) is 0 Å². The normalized spacial score (nSPS) is 10.7. The molecule has 0 aliphatic heterocycles. The molecule has 5 nitrogen and oxygen atoms in total. The zero-order chi connectivity index (χ0) is 10.3. The van der Waals surface area contributed by atoms with Crippen molar-refractivity contribution >= 4 is 23.3 Å². The van der Waals surface area contributed by atoms with Crippen LogP contribution in [0.3, 0.4) is 0 Å². The Morgan fingerprint density at radius 1 is 1.64 bits per heavy atom. The van der Waals surface area contributed by atoms with E-state index in [9.17, 15) is 4.79 Å². The Hall–Kier alpha value is -1.62. The van der Waals surface area contributed by atoms with Crippen molar-refractivity contribution in [1.82, 2.24) is 14.4 Å². The van der Waals surface area contributed by atoms with Crippen molar-refractivity contribution in [3.8, 4) is 0 Å². The average Bonchev–Trinajstić information content (AvgIpc) is 2.42. The van der Waals surface area contributed by atoms with Gasteiger partial charge in [0, 0.05) is 6.20 Å². The van der Waals surface area contributed by atoms with E-state index in [2.05, 4.69) is 9.97 Å². The van der Waals surface area contributed by atoms with Crippen LogP contribution >= 0.6 is 11.6 Å². The lowest BCUT2D eigenvalue weighted by atomic mass is 10.3. The number of carboxylic acids is 1. The van der Waals surface area contributed by atoms with Gasteiger partial charge in [-0.05, 0) is 13.0 Å². The van der Waals surface area contributed by atoms with Gasteiger partial charge in [-0.15, -0.1) is 0 Å². The van der Waals surface area contributed by atoms with Gasteiger partial charge in [0.25, 0.3) is 0 Å². The third kappa shape index (κ3) is 1.13. The van der Waals surface area contributed by atoms with Crippen LogP contribution in [0.1, 0.15) is 16.2 Å². The largest absolute Gasteiger partial charge is 0.477 e. The number of aromatic carboxylic acids is 1. The molecular weight excluding hydrogens is 206 g/mol. The van der Waals surface area contributed by atoms with Gasteiger partial charge < -0.3 is 5.11 Å². The monoisotopic (exact) mass is 211 g/mol. The summed E-state index contributed by atoms with van der Waals surface area (Å²) in [5.74, 6) is -0.766. The van der Waals surface area contributed by atoms with Gasteiger partial charge in [0.1, 0.15) is 5.15 Å². The Labute approximate surface area is 84.0 Å². The van der Waals surface area contributed by atoms with Crippen LogP contribution in [0.25, 0.3) is 5.78 Å². The first-order chi connectivity index (χ1) is 6.61. The van der Waals surface area contributed by atoms with Gasteiger partial charge >= 0.3 is 5.97 Å². The molecule has 14 heavy (non-hydrogen) atoms. The van der Waals surface area contributed by atoms with Crippen molar-refractivity contribution in [2.24, 2.45) is 0 Å². The molecule has 0 fully saturated rings. The predicted molar refractivity (Wildman–Crippen MR) is 49.7 cm³/mol. The second kappa shape index (κ2) is 2.95. The highest BCUT2D eigenvalue weighted by molar-refractivity contribution is 6.29. The average molecular weight is 212 g/mol. The van der Waals surface area contributed by atoms with E-state index in [1.807, 2.05) is 0 Å². The van der Waals surface area contributed by atoms with E-state index in [0.29, 0.717) is 11.5 Å². The summed E-state index contributed by atoms with van der Waals surface area (Å²) in [4.78, 5) is 18.8. The Balaban J connectivity index is 2.93. The molecule has 0 atom stereocenters. The highest BCUT2D eigenvalue weighted by Crippen LogP contribution is 2.16. The van der Waals surface area contributed by atoms with E-state index in [-0.39, 0.29) is 10.8 Å². The maximum Gasteiger partial charge on any atom is 0.354 e. The summed E-state index contributed by atoms with van der Waals surface area (Å²) in [6.07, 6.45) is 1.48. The van der Waals surface area contributed by atoms with Crippen LogP contribution in [0.4, 0.5) is 0 Å². The molecule has 0 saturated carbocycles. The molecule has 0 aromatic carbocycles. The summed E-state index contributed by atoms with van der Waals surface area (Å²) < 4.78 is 1.30.